The minimum Gasteiger partial charge on any atom is -0.449 e. The first-order chi connectivity index (χ1) is 9.29. The van der Waals surface area contributed by atoms with Crippen LogP contribution in [0.25, 0.3) is 11.4 Å². The van der Waals surface area contributed by atoms with Crippen LogP contribution in [0.3, 0.4) is 0 Å². The lowest BCUT2D eigenvalue weighted by Crippen LogP contribution is -2.14. The van der Waals surface area contributed by atoms with Crippen molar-refractivity contribution in [2.45, 2.75) is 19.8 Å². The molecule has 0 aliphatic rings. The van der Waals surface area contributed by atoms with Crippen LogP contribution in [0.5, 0.6) is 0 Å². The van der Waals surface area contributed by atoms with Crippen LogP contribution in [0.4, 0.5) is 9.93 Å². The third-order valence-corrected chi connectivity index (χ3v) is 3.13. The summed E-state index contributed by atoms with van der Waals surface area (Å²) in [5.41, 5.74) is 1.53. The van der Waals surface area contributed by atoms with Gasteiger partial charge >= 0.3 is 6.09 Å². The highest BCUT2D eigenvalue weighted by Crippen LogP contribution is 2.23. The van der Waals surface area contributed by atoms with Crippen LogP contribution in [-0.4, -0.2) is 22.7 Å². The van der Waals surface area contributed by atoms with Crippen LogP contribution < -0.4 is 5.32 Å². The summed E-state index contributed by atoms with van der Waals surface area (Å²) in [6.07, 6.45) is 3.11. The lowest BCUT2D eigenvalue weighted by molar-refractivity contribution is 0.160. The maximum absolute atomic E-state index is 11.5. The van der Waals surface area contributed by atoms with Crippen molar-refractivity contribution in [1.29, 1.82) is 0 Å². The first-order valence-corrected chi connectivity index (χ1v) is 6.98. The summed E-state index contributed by atoms with van der Waals surface area (Å²) in [5.74, 6) is 0. The quantitative estimate of drug-likeness (QED) is 0.849. The van der Waals surface area contributed by atoms with Crippen molar-refractivity contribution in [2.75, 3.05) is 11.9 Å². The highest BCUT2D eigenvalue weighted by molar-refractivity contribution is 7.14. The van der Waals surface area contributed by atoms with Crippen molar-refractivity contribution >= 4 is 22.6 Å². The molecule has 0 fully saturated rings. The average Bonchev–Trinajstić information content (AvgIpc) is 2.88. The molecule has 6 heteroatoms. The number of hydrogen-bond acceptors (Lipinski definition) is 5. The Morgan fingerprint density at radius 1 is 1.42 bits per heavy atom. The molecule has 0 atom stereocenters. The van der Waals surface area contributed by atoms with E-state index in [1.165, 1.54) is 11.3 Å². The van der Waals surface area contributed by atoms with Crippen molar-refractivity contribution in [1.82, 2.24) is 9.97 Å². The highest BCUT2D eigenvalue weighted by Gasteiger charge is 2.08. The lowest BCUT2D eigenvalue weighted by Gasteiger charge is -2.03. The third-order valence-electron chi connectivity index (χ3n) is 2.37. The van der Waals surface area contributed by atoms with Gasteiger partial charge in [0.1, 0.15) is 5.69 Å². The number of amides is 1. The van der Waals surface area contributed by atoms with Gasteiger partial charge in [0.05, 0.1) is 12.3 Å². The Bertz CT molecular complexity index is 528. The number of thiazole rings is 1. The zero-order chi connectivity index (χ0) is 13.5. The maximum atomic E-state index is 11.5. The van der Waals surface area contributed by atoms with Gasteiger partial charge < -0.3 is 4.74 Å². The van der Waals surface area contributed by atoms with Crippen LogP contribution in [0.2, 0.25) is 0 Å². The molecule has 19 heavy (non-hydrogen) atoms. The van der Waals surface area contributed by atoms with Crippen LogP contribution >= 0.6 is 11.3 Å². The van der Waals surface area contributed by atoms with E-state index in [-0.39, 0.29) is 0 Å². The number of nitrogens with zero attached hydrogens (tertiary/aromatic N) is 2. The van der Waals surface area contributed by atoms with E-state index in [0.717, 1.165) is 24.2 Å². The van der Waals surface area contributed by atoms with Crippen molar-refractivity contribution in [3.63, 3.8) is 0 Å². The Labute approximate surface area is 115 Å². The molecule has 1 N–H and O–H groups in total. The SMILES string of the molecule is CCCCOC(=O)Nc1nc(-c2ccccn2)cs1. The number of pyridine rings is 1. The summed E-state index contributed by atoms with van der Waals surface area (Å²) in [7, 11) is 0. The molecule has 0 unspecified atom stereocenters. The van der Waals surface area contributed by atoms with Gasteiger partial charge in [-0.05, 0) is 18.6 Å². The van der Waals surface area contributed by atoms with Gasteiger partial charge in [-0.3, -0.25) is 10.3 Å². The number of ether oxygens (including phenoxy) is 1. The first-order valence-electron chi connectivity index (χ1n) is 6.10. The molecule has 0 aliphatic carbocycles. The average molecular weight is 277 g/mol. The Morgan fingerprint density at radius 2 is 2.32 bits per heavy atom. The van der Waals surface area contributed by atoms with E-state index < -0.39 is 6.09 Å². The molecule has 0 aromatic carbocycles. The van der Waals surface area contributed by atoms with E-state index in [2.05, 4.69) is 15.3 Å². The normalized spacial score (nSPS) is 10.2. The molecule has 0 bridgehead atoms. The van der Waals surface area contributed by atoms with Gasteiger partial charge in [-0.15, -0.1) is 11.3 Å². The number of rotatable bonds is 5. The third kappa shape index (κ3) is 4.03. The number of nitrogens with one attached hydrogen (secondary N) is 1. The summed E-state index contributed by atoms with van der Waals surface area (Å²) in [5, 5.41) is 4.98. The van der Waals surface area contributed by atoms with E-state index in [0.29, 0.717) is 11.7 Å². The van der Waals surface area contributed by atoms with Crippen molar-refractivity contribution in [2.24, 2.45) is 0 Å². The monoisotopic (exact) mass is 277 g/mol. The predicted octanol–water partition coefficient (Wildman–Crippen LogP) is 3.55. The second-order valence-electron chi connectivity index (χ2n) is 3.87. The van der Waals surface area contributed by atoms with Gasteiger partial charge in [-0.1, -0.05) is 19.4 Å². The molecule has 2 rings (SSSR count). The van der Waals surface area contributed by atoms with Gasteiger partial charge in [0, 0.05) is 11.6 Å². The largest absolute Gasteiger partial charge is 0.449 e. The Balaban J connectivity index is 1.93. The van der Waals surface area contributed by atoms with Gasteiger partial charge in [-0.25, -0.2) is 9.78 Å². The number of carbonyl (C=O) groups excluding carboxylic acids is 1. The van der Waals surface area contributed by atoms with Gasteiger partial charge in [0.15, 0.2) is 5.13 Å². The number of hydrogen-bond donors (Lipinski definition) is 1. The number of unbranched alkanes of at least 4 members (excludes halogenated alkanes) is 1. The maximum Gasteiger partial charge on any atom is 0.413 e. The minimum atomic E-state index is -0.463. The van der Waals surface area contributed by atoms with E-state index in [9.17, 15) is 4.79 Å². The van der Waals surface area contributed by atoms with Gasteiger partial charge in [0.25, 0.3) is 0 Å². The second kappa shape index (κ2) is 6.84. The molecule has 2 heterocycles. The Hall–Kier alpha value is -1.95. The first kappa shape index (κ1) is 13.5. The fourth-order valence-electron chi connectivity index (χ4n) is 1.40. The molecule has 5 nitrogen and oxygen atoms in total. The van der Waals surface area contributed by atoms with Crippen LogP contribution in [0.15, 0.2) is 29.8 Å². The van der Waals surface area contributed by atoms with E-state index in [4.69, 9.17) is 4.74 Å². The van der Waals surface area contributed by atoms with E-state index in [1.807, 2.05) is 30.5 Å². The molecule has 100 valence electrons. The van der Waals surface area contributed by atoms with Crippen LogP contribution in [-0.2, 0) is 4.74 Å². The van der Waals surface area contributed by atoms with Crippen molar-refractivity contribution in [3.8, 4) is 11.4 Å². The molecular weight excluding hydrogens is 262 g/mol. The number of carbonyl (C=O) groups is 1. The van der Waals surface area contributed by atoms with E-state index in [1.54, 1.807) is 6.20 Å². The van der Waals surface area contributed by atoms with Crippen LogP contribution in [0, 0.1) is 0 Å². The molecule has 2 aromatic heterocycles. The van der Waals surface area contributed by atoms with Crippen LogP contribution in [0.1, 0.15) is 19.8 Å². The molecule has 0 radical (unpaired) electrons. The zero-order valence-corrected chi connectivity index (χ0v) is 11.4. The standard InChI is InChI=1S/C13H15N3O2S/c1-2-3-8-18-13(17)16-12-15-11(9-19-12)10-6-4-5-7-14-10/h4-7,9H,2-3,8H2,1H3,(H,15,16,17). The molecule has 0 saturated heterocycles. The molecule has 0 aliphatic heterocycles. The van der Waals surface area contributed by atoms with Gasteiger partial charge in [-0.2, -0.15) is 0 Å². The smallest absolute Gasteiger partial charge is 0.413 e. The summed E-state index contributed by atoms with van der Waals surface area (Å²) in [6.45, 7) is 2.47. The lowest BCUT2D eigenvalue weighted by atomic mass is 10.3. The zero-order valence-electron chi connectivity index (χ0n) is 10.6. The number of aromatic nitrogens is 2. The predicted molar refractivity (Wildman–Crippen MR) is 75.2 cm³/mol. The second-order valence-corrected chi connectivity index (χ2v) is 4.73. The summed E-state index contributed by atoms with van der Waals surface area (Å²) >= 11 is 1.35. The van der Waals surface area contributed by atoms with Crippen molar-refractivity contribution in [3.05, 3.63) is 29.8 Å². The molecule has 1 amide bonds. The minimum absolute atomic E-state index is 0.431. The molecule has 0 spiro atoms. The van der Waals surface area contributed by atoms with E-state index >= 15 is 0 Å². The number of anilines is 1. The summed E-state index contributed by atoms with van der Waals surface area (Å²) in [6, 6.07) is 5.62. The van der Waals surface area contributed by atoms with Crippen molar-refractivity contribution < 1.29 is 9.53 Å². The fraction of sp³-hybridized carbons (Fsp3) is 0.308. The Kier molecular flexibility index (Phi) is 4.85. The molecular formula is C13H15N3O2S. The topological polar surface area (TPSA) is 64.1 Å². The summed E-state index contributed by atoms with van der Waals surface area (Å²) < 4.78 is 5.00. The summed E-state index contributed by atoms with van der Waals surface area (Å²) in [4.78, 5) is 19.9. The molecule has 2 aromatic rings. The molecule has 0 saturated carbocycles. The highest BCUT2D eigenvalue weighted by atomic mass is 32.1. The Morgan fingerprint density at radius 3 is 3.05 bits per heavy atom. The fourth-order valence-corrected chi connectivity index (χ4v) is 2.09. The van der Waals surface area contributed by atoms with Gasteiger partial charge in [0.2, 0.25) is 0 Å².